The lowest BCUT2D eigenvalue weighted by atomic mass is 9.99. The number of urea groups is 1. The molecule has 1 saturated heterocycles. The molecule has 1 aromatic carbocycles. The van der Waals surface area contributed by atoms with Gasteiger partial charge in [0.25, 0.3) is 5.91 Å². The van der Waals surface area contributed by atoms with Crippen molar-refractivity contribution in [3.63, 3.8) is 0 Å². The molecule has 6 heteroatoms. The summed E-state index contributed by atoms with van der Waals surface area (Å²) in [5.41, 5.74) is 2.17. The second kappa shape index (κ2) is 5.87. The summed E-state index contributed by atoms with van der Waals surface area (Å²) in [6.45, 7) is 5.82. The maximum absolute atomic E-state index is 12.6. The molecule has 1 aliphatic rings. The molecule has 0 saturated carbocycles. The highest BCUT2D eigenvalue weighted by molar-refractivity contribution is 6.21. The van der Waals surface area contributed by atoms with E-state index in [0.29, 0.717) is 5.69 Å². The zero-order valence-electron chi connectivity index (χ0n) is 13.5. The van der Waals surface area contributed by atoms with Crippen LogP contribution >= 0.6 is 0 Å². The Labute approximate surface area is 135 Å². The van der Waals surface area contributed by atoms with Crippen LogP contribution in [0.3, 0.4) is 0 Å². The molecule has 2 heterocycles. The third kappa shape index (κ3) is 2.50. The number of benzene rings is 1. The quantitative estimate of drug-likeness (QED) is 0.883. The molecule has 0 spiro atoms. The second-order valence-corrected chi connectivity index (χ2v) is 5.85. The molecule has 0 unspecified atom stereocenters. The van der Waals surface area contributed by atoms with E-state index in [1.54, 1.807) is 10.9 Å². The molecule has 2 atom stereocenters. The average Bonchev–Trinajstić information content (AvgIpc) is 3.07. The van der Waals surface area contributed by atoms with Crippen molar-refractivity contribution in [2.75, 3.05) is 4.90 Å². The first-order valence-corrected chi connectivity index (χ1v) is 7.79. The van der Waals surface area contributed by atoms with Gasteiger partial charge in [0.15, 0.2) is 0 Å². The third-order valence-corrected chi connectivity index (χ3v) is 4.41. The molecule has 1 N–H and O–H groups in total. The molecule has 120 valence electrons. The van der Waals surface area contributed by atoms with Crippen molar-refractivity contribution in [2.45, 2.75) is 33.2 Å². The van der Waals surface area contributed by atoms with Gasteiger partial charge in [-0.25, -0.2) is 14.4 Å². The predicted molar refractivity (Wildman–Crippen MR) is 87.6 cm³/mol. The zero-order valence-corrected chi connectivity index (χ0v) is 13.5. The molecule has 1 aliphatic heterocycles. The number of aromatic nitrogens is 2. The van der Waals surface area contributed by atoms with Gasteiger partial charge in [0.2, 0.25) is 0 Å². The summed E-state index contributed by atoms with van der Waals surface area (Å²) in [7, 11) is 0. The van der Waals surface area contributed by atoms with E-state index in [4.69, 9.17) is 0 Å². The van der Waals surface area contributed by atoms with E-state index < -0.39 is 6.04 Å². The van der Waals surface area contributed by atoms with Crippen molar-refractivity contribution >= 4 is 17.6 Å². The van der Waals surface area contributed by atoms with E-state index >= 15 is 0 Å². The minimum atomic E-state index is -0.466. The van der Waals surface area contributed by atoms with Crippen LogP contribution in [0.1, 0.15) is 26.0 Å². The summed E-state index contributed by atoms with van der Waals surface area (Å²) < 4.78 is 1.73. The topological polar surface area (TPSA) is 67.2 Å². The summed E-state index contributed by atoms with van der Waals surface area (Å²) >= 11 is 0. The smallest absolute Gasteiger partial charge is 0.325 e. The van der Waals surface area contributed by atoms with Crippen molar-refractivity contribution in [1.29, 1.82) is 0 Å². The third-order valence-electron chi connectivity index (χ3n) is 4.41. The molecule has 0 bridgehead atoms. The monoisotopic (exact) mass is 312 g/mol. The first-order valence-electron chi connectivity index (χ1n) is 7.79. The van der Waals surface area contributed by atoms with Crippen LogP contribution in [0.5, 0.6) is 0 Å². The molecular weight excluding hydrogens is 292 g/mol. The van der Waals surface area contributed by atoms with Gasteiger partial charge < -0.3 is 5.32 Å². The second-order valence-electron chi connectivity index (χ2n) is 5.85. The van der Waals surface area contributed by atoms with Crippen LogP contribution in [0.15, 0.2) is 36.5 Å². The number of carbonyl (C=O) groups is 2. The normalized spacial score (nSPS) is 19.1. The fourth-order valence-corrected chi connectivity index (χ4v) is 2.80. The van der Waals surface area contributed by atoms with Crippen molar-refractivity contribution in [3.8, 4) is 5.69 Å². The Bertz CT molecular complexity index is 738. The largest absolute Gasteiger partial charge is 0.329 e. The van der Waals surface area contributed by atoms with Gasteiger partial charge in [-0.05, 0) is 25.0 Å². The van der Waals surface area contributed by atoms with Gasteiger partial charge in [-0.1, -0.05) is 38.5 Å². The van der Waals surface area contributed by atoms with Crippen LogP contribution < -0.4 is 10.2 Å². The fraction of sp³-hybridized carbons (Fsp3) is 0.353. The van der Waals surface area contributed by atoms with Crippen LogP contribution in [0.4, 0.5) is 10.5 Å². The van der Waals surface area contributed by atoms with Gasteiger partial charge in [-0.15, -0.1) is 0 Å². The Morgan fingerprint density at radius 2 is 1.96 bits per heavy atom. The molecule has 23 heavy (non-hydrogen) atoms. The number of carbonyl (C=O) groups excluding carboxylic acids is 2. The van der Waals surface area contributed by atoms with Crippen LogP contribution in [0.2, 0.25) is 0 Å². The van der Waals surface area contributed by atoms with Gasteiger partial charge in [-0.2, -0.15) is 5.10 Å². The summed E-state index contributed by atoms with van der Waals surface area (Å²) in [6.07, 6.45) is 2.39. The zero-order chi connectivity index (χ0) is 16.6. The van der Waals surface area contributed by atoms with Crippen LogP contribution in [0.25, 0.3) is 5.69 Å². The predicted octanol–water partition coefficient (Wildman–Crippen LogP) is 2.65. The molecule has 0 radical (unpaired) electrons. The Morgan fingerprint density at radius 3 is 2.61 bits per heavy atom. The van der Waals surface area contributed by atoms with E-state index in [2.05, 4.69) is 10.4 Å². The lowest BCUT2D eigenvalue weighted by molar-refractivity contribution is -0.119. The molecule has 2 aromatic rings. The first-order chi connectivity index (χ1) is 11.0. The van der Waals surface area contributed by atoms with Crippen LogP contribution in [0, 0.1) is 12.8 Å². The van der Waals surface area contributed by atoms with E-state index in [1.807, 2.05) is 51.1 Å². The highest BCUT2D eigenvalue weighted by Crippen LogP contribution is 2.27. The molecular formula is C17H20N4O2. The van der Waals surface area contributed by atoms with Gasteiger partial charge in [0, 0.05) is 0 Å². The number of imide groups is 1. The van der Waals surface area contributed by atoms with E-state index in [9.17, 15) is 9.59 Å². The summed E-state index contributed by atoms with van der Waals surface area (Å²) in [5.74, 6) is -0.110. The highest BCUT2D eigenvalue weighted by Gasteiger charge is 2.42. The number of nitrogens with one attached hydrogen (secondary N) is 1. The summed E-state index contributed by atoms with van der Waals surface area (Å²) in [6, 6.07) is 8.78. The van der Waals surface area contributed by atoms with Crippen LogP contribution in [-0.2, 0) is 4.79 Å². The lowest BCUT2D eigenvalue weighted by Gasteiger charge is -2.16. The van der Waals surface area contributed by atoms with Gasteiger partial charge in [-0.3, -0.25) is 4.79 Å². The van der Waals surface area contributed by atoms with Gasteiger partial charge in [0.1, 0.15) is 6.04 Å². The first kappa shape index (κ1) is 15.3. The van der Waals surface area contributed by atoms with E-state index in [0.717, 1.165) is 17.8 Å². The van der Waals surface area contributed by atoms with Gasteiger partial charge >= 0.3 is 6.03 Å². The highest BCUT2D eigenvalue weighted by atomic mass is 16.2. The SMILES string of the molecule is CC[C@H](C)[C@@H]1NC(=O)N(c2cnn(-c3ccccc3)c2C)C1=O. The molecule has 6 nitrogen and oxygen atoms in total. The lowest BCUT2D eigenvalue weighted by Crippen LogP contribution is -2.35. The number of rotatable bonds is 4. The van der Waals surface area contributed by atoms with E-state index in [-0.39, 0.29) is 17.9 Å². The van der Waals surface area contributed by atoms with Crippen LogP contribution in [-0.4, -0.2) is 27.8 Å². The number of hydrogen-bond donors (Lipinski definition) is 1. The molecule has 3 amide bonds. The maximum atomic E-state index is 12.6. The Kier molecular flexibility index (Phi) is 3.90. The standard InChI is InChI=1S/C17H20N4O2/c1-4-11(2)15-16(22)20(17(23)19-15)14-10-18-21(12(14)3)13-8-6-5-7-9-13/h5-11,15H,4H2,1-3H3,(H,19,23)/t11-,15-/m0/s1. The van der Waals surface area contributed by atoms with Gasteiger partial charge in [0.05, 0.1) is 23.3 Å². The summed E-state index contributed by atoms with van der Waals surface area (Å²) in [4.78, 5) is 26.1. The van der Waals surface area contributed by atoms with E-state index in [1.165, 1.54) is 4.90 Å². The van der Waals surface area contributed by atoms with Crippen molar-refractivity contribution in [1.82, 2.24) is 15.1 Å². The minimum absolute atomic E-state index is 0.0981. The van der Waals surface area contributed by atoms with Crippen molar-refractivity contribution < 1.29 is 9.59 Å². The Balaban J connectivity index is 1.96. The van der Waals surface area contributed by atoms with Crippen molar-refractivity contribution in [2.24, 2.45) is 5.92 Å². The minimum Gasteiger partial charge on any atom is -0.325 e. The molecule has 1 fully saturated rings. The number of nitrogens with zero attached hydrogens (tertiary/aromatic N) is 3. The number of hydrogen-bond acceptors (Lipinski definition) is 3. The number of para-hydroxylation sites is 1. The Morgan fingerprint density at radius 1 is 1.26 bits per heavy atom. The fourth-order valence-electron chi connectivity index (χ4n) is 2.80. The molecule has 1 aromatic heterocycles. The molecule has 3 rings (SSSR count). The summed E-state index contributed by atoms with van der Waals surface area (Å²) in [5, 5.41) is 7.11. The number of amides is 3. The van der Waals surface area contributed by atoms with Crippen molar-refractivity contribution in [3.05, 3.63) is 42.2 Å². The maximum Gasteiger partial charge on any atom is 0.329 e. The average molecular weight is 312 g/mol. The number of anilines is 1. The Hall–Kier alpha value is -2.63. The molecule has 0 aliphatic carbocycles.